The Morgan fingerprint density at radius 2 is 2.50 bits per heavy atom. The van der Waals surface area contributed by atoms with Crippen molar-refractivity contribution in [1.29, 1.82) is 0 Å². The van der Waals surface area contributed by atoms with E-state index in [0.29, 0.717) is 6.61 Å². The lowest BCUT2D eigenvalue weighted by atomic mass is 10.4. The highest BCUT2D eigenvalue weighted by atomic mass is 16.6. The standard InChI is InChI=1S/C7H12N2O/c1-3-4-5-10-9-6-7(2)8/h6-7H,5,8H2,1-2H3/b9-6+. The molecule has 0 amide bonds. The van der Waals surface area contributed by atoms with E-state index in [1.807, 2.05) is 6.92 Å². The Morgan fingerprint density at radius 3 is 3.00 bits per heavy atom. The van der Waals surface area contributed by atoms with Crippen LogP contribution in [0, 0.1) is 11.8 Å². The Hall–Kier alpha value is -1.01. The van der Waals surface area contributed by atoms with Crippen molar-refractivity contribution in [2.75, 3.05) is 6.61 Å². The molecule has 0 spiro atoms. The molecule has 56 valence electrons. The van der Waals surface area contributed by atoms with Gasteiger partial charge < -0.3 is 10.6 Å². The molecule has 1 atom stereocenters. The average molecular weight is 140 g/mol. The zero-order valence-corrected chi connectivity index (χ0v) is 6.29. The van der Waals surface area contributed by atoms with Crippen molar-refractivity contribution < 1.29 is 4.84 Å². The second kappa shape index (κ2) is 6.12. The zero-order valence-electron chi connectivity index (χ0n) is 6.29. The van der Waals surface area contributed by atoms with Crippen molar-refractivity contribution in [1.82, 2.24) is 0 Å². The average Bonchev–Trinajstić information content (AvgIpc) is 1.87. The van der Waals surface area contributed by atoms with Gasteiger partial charge in [0.15, 0.2) is 6.61 Å². The van der Waals surface area contributed by atoms with Crippen LogP contribution in [0.3, 0.4) is 0 Å². The maximum atomic E-state index is 5.34. The molecule has 3 nitrogen and oxygen atoms in total. The minimum atomic E-state index is -0.0606. The summed E-state index contributed by atoms with van der Waals surface area (Å²) in [7, 11) is 0. The maximum Gasteiger partial charge on any atom is 0.177 e. The molecule has 0 saturated heterocycles. The van der Waals surface area contributed by atoms with Crippen molar-refractivity contribution in [3.63, 3.8) is 0 Å². The van der Waals surface area contributed by atoms with E-state index in [9.17, 15) is 0 Å². The molecule has 3 heteroatoms. The number of oxime groups is 1. The molecule has 2 N–H and O–H groups in total. The van der Waals surface area contributed by atoms with Gasteiger partial charge in [-0.25, -0.2) is 0 Å². The maximum absolute atomic E-state index is 5.34. The van der Waals surface area contributed by atoms with Gasteiger partial charge in [0.2, 0.25) is 0 Å². The lowest BCUT2D eigenvalue weighted by molar-refractivity contribution is 0.180. The van der Waals surface area contributed by atoms with Crippen LogP contribution in [0.2, 0.25) is 0 Å². The summed E-state index contributed by atoms with van der Waals surface area (Å²) in [4.78, 5) is 4.70. The predicted octanol–water partition coefficient (Wildman–Crippen LogP) is 0.359. The van der Waals surface area contributed by atoms with Gasteiger partial charge >= 0.3 is 0 Å². The Bertz CT molecular complexity index is 153. The van der Waals surface area contributed by atoms with Gasteiger partial charge in [0.1, 0.15) is 0 Å². The van der Waals surface area contributed by atoms with Crippen LogP contribution in [0.25, 0.3) is 0 Å². The Kier molecular flexibility index (Phi) is 5.50. The molecule has 0 heterocycles. The van der Waals surface area contributed by atoms with Gasteiger partial charge in [0.25, 0.3) is 0 Å². The van der Waals surface area contributed by atoms with Crippen molar-refractivity contribution >= 4 is 6.21 Å². The molecule has 0 radical (unpaired) electrons. The lowest BCUT2D eigenvalue weighted by Gasteiger charge is -1.92. The normalized spacial score (nSPS) is 12.3. The summed E-state index contributed by atoms with van der Waals surface area (Å²) < 4.78 is 0. The van der Waals surface area contributed by atoms with Crippen LogP contribution in [0.5, 0.6) is 0 Å². The molecule has 0 saturated carbocycles. The molecule has 0 aliphatic rings. The number of hydrogen-bond donors (Lipinski definition) is 1. The van der Waals surface area contributed by atoms with Crippen molar-refractivity contribution in [2.24, 2.45) is 10.9 Å². The molecule has 0 rings (SSSR count). The first-order chi connectivity index (χ1) is 4.77. The van der Waals surface area contributed by atoms with Crippen molar-refractivity contribution in [2.45, 2.75) is 19.9 Å². The molecular formula is C7H12N2O. The summed E-state index contributed by atoms with van der Waals surface area (Å²) in [5.74, 6) is 5.37. The third kappa shape index (κ3) is 6.99. The molecule has 0 aromatic rings. The van der Waals surface area contributed by atoms with E-state index in [1.165, 1.54) is 6.21 Å². The molecule has 0 aromatic carbocycles. The van der Waals surface area contributed by atoms with Crippen LogP contribution < -0.4 is 5.73 Å². The third-order valence-electron chi connectivity index (χ3n) is 0.684. The number of hydrogen-bond acceptors (Lipinski definition) is 3. The first kappa shape index (κ1) is 8.99. The first-order valence-corrected chi connectivity index (χ1v) is 3.08. The smallest absolute Gasteiger partial charge is 0.177 e. The van der Waals surface area contributed by atoms with E-state index in [-0.39, 0.29) is 6.04 Å². The zero-order chi connectivity index (χ0) is 7.82. The quantitative estimate of drug-likeness (QED) is 0.266. The molecule has 1 unspecified atom stereocenters. The van der Waals surface area contributed by atoms with Crippen molar-refractivity contribution in [3.8, 4) is 11.8 Å². The SMILES string of the molecule is CC#CCO/N=C/C(C)N. The second-order valence-electron chi connectivity index (χ2n) is 1.81. The molecule has 0 fully saturated rings. The van der Waals surface area contributed by atoms with E-state index in [2.05, 4.69) is 17.0 Å². The minimum absolute atomic E-state index is 0.0606. The van der Waals surface area contributed by atoms with Gasteiger partial charge in [-0.1, -0.05) is 11.1 Å². The van der Waals surface area contributed by atoms with E-state index < -0.39 is 0 Å². The van der Waals surface area contributed by atoms with E-state index in [0.717, 1.165) is 0 Å². The minimum Gasteiger partial charge on any atom is -0.383 e. The highest BCUT2D eigenvalue weighted by molar-refractivity contribution is 5.62. The number of rotatable bonds is 3. The van der Waals surface area contributed by atoms with Crippen molar-refractivity contribution in [3.05, 3.63) is 0 Å². The fourth-order valence-electron chi connectivity index (χ4n) is 0.281. The second-order valence-corrected chi connectivity index (χ2v) is 1.81. The van der Waals surface area contributed by atoms with Crippen LogP contribution in [-0.2, 0) is 4.84 Å². The number of nitrogens with two attached hydrogens (primary N) is 1. The van der Waals surface area contributed by atoms with Crippen LogP contribution in [0.4, 0.5) is 0 Å². The van der Waals surface area contributed by atoms with E-state index >= 15 is 0 Å². The number of nitrogens with zero attached hydrogens (tertiary/aromatic N) is 1. The molecule has 10 heavy (non-hydrogen) atoms. The van der Waals surface area contributed by atoms with Gasteiger partial charge in [-0.3, -0.25) is 0 Å². The summed E-state index contributed by atoms with van der Waals surface area (Å²) in [6.45, 7) is 3.90. The van der Waals surface area contributed by atoms with Gasteiger partial charge in [0.05, 0.1) is 6.21 Å². The van der Waals surface area contributed by atoms with Gasteiger partial charge in [0, 0.05) is 6.04 Å². The molecule has 0 bridgehead atoms. The van der Waals surface area contributed by atoms with Crippen LogP contribution in [0.1, 0.15) is 13.8 Å². The van der Waals surface area contributed by atoms with Gasteiger partial charge in [-0.2, -0.15) is 0 Å². The fraction of sp³-hybridized carbons (Fsp3) is 0.571. The van der Waals surface area contributed by atoms with Crippen LogP contribution in [0.15, 0.2) is 5.16 Å². The monoisotopic (exact) mass is 140 g/mol. The molecule has 0 aliphatic heterocycles. The van der Waals surface area contributed by atoms with Crippen LogP contribution in [-0.4, -0.2) is 18.9 Å². The van der Waals surface area contributed by atoms with E-state index in [4.69, 9.17) is 10.6 Å². The summed E-state index contributed by atoms with van der Waals surface area (Å²) in [6.07, 6.45) is 1.53. The largest absolute Gasteiger partial charge is 0.383 e. The highest BCUT2D eigenvalue weighted by Gasteiger charge is 1.82. The molecule has 0 aliphatic carbocycles. The molecule has 0 aromatic heterocycles. The Morgan fingerprint density at radius 1 is 1.80 bits per heavy atom. The fourth-order valence-corrected chi connectivity index (χ4v) is 0.281. The van der Waals surface area contributed by atoms with Gasteiger partial charge in [-0.15, -0.1) is 5.92 Å². The lowest BCUT2D eigenvalue weighted by Crippen LogP contribution is -2.16. The summed E-state index contributed by atoms with van der Waals surface area (Å²) in [5.41, 5.74) is 5.34. The van der Waals surface area contributed by atoms with Gasteiger partial charge in [-0.05, 0) is 13.8 Å². The summed E-state index contributed by atoms with van der Waals surface area (Å²) in [5, 5.41) is 3.56. The predicted molar refractivity (Wildman–Crippen MR) is 41.5 cm³/mol. The third-order valence-corrected chi connectivity index (χ3v) is 0.684. The summed E-state index contributed by atoms with van der Waals surface area (Å²) >= 11 is 0. The first-order valence-electron chi connectivity index (χ1n) is 3.08. The Balaban J connectivity index is 3.24. The molecular weight excluding hydrogens is 128 g/mol. The van der Waals surface area contributed by atoms with E-state index in [1.54, 1.807) is 6.92 Å². The topological polar surface area (TPSA) is 47.6 Å². The Labute approximate surface area is 61.2 Å². The summed E-state index contributed by atoms with van der Waals surface area (Å²) in [6, 6.07) is -0.0606. The van der Waals surface area contributed by atoms with Crippen LogP contribution >= 0.6 is 0 Å². The highest BCUT2D eigenvalue weighted by Crippen LogP contribution is 1.73.